The number of amides is 1. The first-order valence-corrected chi connectivity index (χ1v) is 7.42. The highest BCUT2D eigenvalue weighted by molar-refractivity contribution is 5.82. The molecular weight excluding hydrogens is 266 g/mol. The topological polar surface area (TPSA) is 57.6 Å². The summed E-state index contributed by atoms with van der Waals surface area (Å²) in [5, 5.41) is 9.52. The average Bonchev–Trinajstić information content (AvgIpc) is 2.88. The number of benzene rings is 1. The minimum Gasteiger partial charge on any atom is -0.481 e. The molecule has 1 atom stereocenters. The van der Waals surface area contributed by atoms with Crippen molar-refractivity contribution in [2.24, 2.45) is 11.3 Å². The number of nitrogens with zero attached hydrogens (tertiary/aromatic N) is 1. The number of hydrogen-bond donors (Lipinski definition) is 1. The highest BCUT2D eigenvalue weighted by atomic mass is 16.4. The van der Waals surface area contributed by atoms with Gasteiger partial charge in [0.05, 0.1) is 11.8 Å². The smallest absolute Gasteiger partial charge is 0.311 e. The van der Waals surface area contributed by atoms with E-state index in [1.165, 1.54) is 0 Å². The van der Waals surface area contributed by atoms with Gasteiger partial charge < -0.3 is 10.0 Å². The molecule has 1 aliphatic rings. The molecule has 0 saturated carbocycles. The number of carbonyl (C=O) groups is 2. The number of carboxylic acid groups (broad SMARTS) is 1. The third-order valence-corrected chi connectivity index (χ3v) is 4.66. The Balaban J connectivity index is 2.05. The molecule has 1 N–H and O–H groups in total. The molecule has 4 nitrogen and oxygen atoms in total. The Morgan fingerprint density at radius 2 is 1.90 bits per heavy atom. The summed E-state index contributed by atoms with van der Waals surface area (Å²) in [7, 11) is 0. The Kier molecular flexibility index (Phi) is 4.35. The number of hydrogen-bond acceptors (Lipinski definition) is 2. The number of carboxylic acids is 1. The Bertz CT molecular complexity index is 535. The molecule has 1 aromatic rings. The standard InChI is InChI=1S/C17H23NO3/c1-12(2)17(16(20)21)8-9-18(11-17)15(19)10-14-6-4-13(3)5-7-14/h4-7,12H,8-11H2,1-3H3,(H,20,21). The molecule has 1 saturated heterocycles. The summed E-state index contributed by atoms with van der Waals surface area (Å²) >= 11 is 0. The molecule has 1 aliphatic heterocycles. The van der Waals surface area contributed by atoms with E-state index in [4.69, 9.17) is 0 Å². The van der Waals surface area contributed by atoms with Crippen LogP contribution in [0, 0.1) is 18.3 Å². The summed E-state index contributed by atoms with van der Waals surface area (Å²) in [6.45, 7) is 6.71. The lowest BCUT2D eigenvalue weighted by Crippen LogP contribution is -2.41. The highest BCUT2D eigenvalue weighted by Crippen LogP contribution is 2.38. The van der Waals surface area contributed by atoms with Crippen molar-refractivity contribution in [1.29, 1.82) is 0 Å². The first-order chi connectivity index (χ1) is 9.85. The van der Waals surface area contributed by atoms with Crippen LogP contribution in [0.1, 0.15) is 31.4 Å². The zero-order valence-electron chi connectivity index (χ0n) is 12.9. The van der Waals surface area contributed by atoms with Gasteiger partial charge in [-0.2, -0.15) is 0 Å². The van der Waals surface area contributed by atoms with Crippen molar-refractivity contribution in [3.8, 4) is 0 Å². The number of likely N-dealkylation sites (tertiary alicyclic amines) is 1. The molecule has 0 radical (unpaired) electrons. The van der Waals surface area contributed by atoms with Crippen molar-refractivity contribution in [1.82, 2.24) is 4.90 Å². The maximum atomic E-state index is 12.4. The van der Waals surface area contributed by atoms with Crippen molar-refractivity contribution < 1.29 is 14.7 Å². The van der Waals surface area contributed by atoms with Crippen LogP contribution < -0.4 is 0 Å². The van der Waals surface area contributed by atoms with Crippen LogP contribution in [0.25, 0.3) is 0 Å². The van der Waals surface area contributed by atoms with Gasteiger partial charge in [-0.1, -0.05) is 43.7 Å². The fourth-order valence-electron chi connectivity index (χ4n) is 2.93. The predicted molar refractivity (Wildman–Crippen MR) is 81.0 cm³/mol. The Morgan fingerprint density at radius 1 is 1.29 bits per heavy atom. The monoisotopic (exact) mass is 289 g/mol. The molecular formula is C17H23NO3. The zero-order valence-corrected chi connectivity index (χ0v) is 12.9. The quantitative estimate of drug-likeness (QED) is 0.926. The third-order valence-electron chi connectivity index (χ3n) is 4.66. The fourth-order valence-corrected chi connectivity index (χ4v) is 2.93. The lowest BCUT2D eigenvalue weighted by Gasteiger charge is -2.28. The second-order valence-electron chi connectivity index (χ2n) is 6.34. The molecule has 4 heteroatoms. The lowest BCUT2D eigenvalue weighted by molar-refractivity contribution is -0.151. The van der Waals surface area contributed by atoms with Gasteiger partial charge in [-0.05, 0) is 24.8 Å². The van der Waals surface area contributed by atoms with Crippen LogP contribution >= 0.6 is 0 Å². The van der Waals surface area contributed by atoms with Crippen LogP contribution in [0.3, 0.4) is 0 Å². The van der Waals surface area contributed by atoms with Gasteiger partial charge in [-0.3, -0.25) is 9.59 Å². The normalized spacial score (nSPS) is 21.8. The first-order valence-electron chi connectivity index (χ1n) is 7.42. The van der Waals surface area contributed by atoms with E-state index in [1.54, 1.807) is 4.90 Å². The molecule has 0 bridgehead atoms. The van der Waals surface area contributed by atoms with Gasteiger partial charge in [0.2, 0.25) is 5.91 Å². The number of aryl methyl sites for hydroxylation is 1. The summed E-state index contributed by atoms with van der Waals surface area (Å²) in [5.41, 5.74) is 1.35. The first kappa shape index (κ1) is 15.5. The largest absolute Gasteiger partial charge is 0.481 e. The fraction of sp³-hybridized carbons (Fsp3) is 0.529. The molecule has 0 spiro atoms. The van der Waals surface area contributed by atoms with Crippen LogP contribution in [-0.4, -0.2) is 35.0 Å². The third kappa shape index (κ3) is 3.09. The molecule has 2 rings (SSSR count). The van der Waals surface area contributed by atoms with Crippen molar-refractivity contribution in [3.63, 3.8) is 0 Å². The summed E-state index contributed by atoms with van der Waals surface area (Å²) < 4.78 is 0. The predicted octanol–water partition coefficient (Wildman–Crippen LogP) is 2.50. The summed E-state index contributed by atoms with van der Waals surface area (Å²) in [6, 6.07) is 7.89. The maximum absolute atomic E-state index is 12.4. The summed E-state index contributed by atoms with van der Waals surface area (Å²) in [6.07, 6.45) is 0.883. The van der Waals surface area contributed by atoms with Gasteiger partial charge in [0.25, 0.3) is 0 Å². The lowest BCUT2D eigenvalue weighted by atomic mass is 9.76. The van der Waals surface area contributed by atoms with Crippen LogP contribution in [-0.2, 0) is 16.0 Å². The summed E-state index contributed by atoms with van der Waals surface area (Å²) in [5.74, 6) is -0.752. The van der Waals surface area contributed by atoms with Gasteiger partial charge in [-0.15, -0.1) is 0 Å². The van der Waals surface area contributed by atoms with Gasteiger partial charge in [0.1, 0.15) is 0 Å². The molecule has 0 aliphatic carbocycles. The van der Waals surface area contributed by atoms with Crippen LogP contribution in [0.5, 0.6) is 0 Å². The summed E-state index contributed by atoms with van der Waals surface area (Å²) in [4.78, 5) is 25.7. The minimum atomic E-state index is -0.789. The van der Waals surface area contributed by atoms with Crippen molar-refractivity contribution in [3.05, 3.63) is 35.4 Å². The number of carbonyl (C=O) groups excluding carboxylic acids is 1. The maximum Gasteiger partial charge on any atom is 0.311 e. The van der Waals surface area contributed by atoms with Crippen molar-refractivity contribution >= 4 is 11.9 Å². The second kappa shape index (κ2) is 5.88. The minimum absolute atomic E-state index is 0.0163. The van der Waals surface area contributed by atoms with E-state index in [9.17, 15) is 14.7 Å². The average molecular weight is 289 g/mol. The van der Waals surface area contributed by atoms with E-state index in [-0.39, 0.29) is 11.8 Å². The van der Waals surface area contributed by atoms with Crippen LogP contribution in [0.2, 0.25) is 0 Å². The molecule has 1 heterocycles. The van der Waals surface area contributed by atoms with Gasteiger partial charge in [0.15, 0.2) is 0 Å². The molecule has 1 unspecified atom stereocenters. The molecule has 21 heavy (non-hydrogen) atoms. The molecule has 0 aromatic heterocycles. The van der Waals surface area contributed by atoms with Gasteiger partial charge >= 0.3 is 5.97 Å². The second-order valence-corrected chi connectivity index (χ2v) is 6.34. The highest BCUT2D eigenvalue weighted by Gasteiger charge is 2.48. The van der Waals surface area contributed by atoms with Gasteiger partial charge in [-0.25, -0.2) is 0 Å². The molecule has 1 aromatic carbocycles. The molecule has 1 fully saturated rings. The van der Waals surface area contributed by atoms with Crippen LogP contribution in [0.15, 0.2) is 24.3 Å². The van der Waals surface area contributed by atoms with E-state index in [1.807, 2.05) is 45.0 Å². The van der Waals surface area contributed by atoms with E-state index < -0.39 is 11.4 Å². The van der Waals surface area contributed by atoms with E-state index in [0.29, 0.717) is 25.9 Å². The number of rotatable bonds is 4. The Morgan fingerprint density at radius 3 is 2.38 bits per heavy atom. The number of aliphatic carboxylic acids is 1. The van der Waals surface area contributed by atoms with Gasteiger partial charge in [0, 0.05) is 13.1 Å². The van der Waals surface area contributed by atoms with E-state index in [2.05, 4.69) is 0 Å². The SMILES string of the molecule is Cc1ccc(CC(=O)N2CCC(C(=O)O)(C(C)C)C2)cc1. The van der Waals surface area contributed by atoms with E-state index >= 15 is 0 Å². The van der Waals surface area contributed by atoms with Crippen LogP contribution in [0.4, 0.5) is 0 Å². The molecule has 1 amide bonds. The molecule has 114 valence electrons. The zero-order chi connectivity index (χ0) is 15.6. The van der Waals surface area contributed by atoms with Crippen molar-refractivity contribution in [2.75, 3.05) is 13.1 Å². The van der Waals surface area contributed by atoms with E-state index in [0.717, 1.165) is 11.1 Å². The Labute approximate surface area is 125 Å². The Hall–Kier alpha value is -1.84. The van der Waals surface area contributed by atoms with Crippen molar-refractivity contribution in [2.45, 2.75) is 33.6 Å².